The van der Waals surface area contributed by atoms with Gasteiger partial charge in [0.2, 0.25) is 10.0 Å². The summed E-state index contributed by atoms with van der Waals surface area (Å²) >= 11 is 0. The SMILES string of the molecule is O=S(=O)(c1ccccc1O)N1CCC(O)C1. The van der Waals surface area contributed by atoms with E-state index in [-0.39, 0.29) is 23.7 Å². The lowest BCUT2D eigenvalue weighted by atomic mass is 10.3. The van der Waals surface area contributed by atoms with Crippen LogP contribution in [0.25, 0.3) is 0 Å². The molecule has 88 valence electrons. The van der Waals surface area contributed by atoms with Crippen molar-refractivity contribution in [3.63, 3.8) is 0 Å². The molecule has 6 heteroatoms. The Hall–Kier alpha value is -1.11. The third kappa shape index (κ3) is 1.91. The molecule has 0 bridgehead atoms. The van der Waals surface area contributed by atoms with Gasteiger partial charge in [-0.25, -0.2) is 8.42 Å². The number of rotatable bonds is 2. The average molecular weight is 243 g/mol. The number of nitrogens with zero attached hydrogens (tertiary/aromatic N) is 1. The zero-order valence-corrected chi connectivity index (χ0v) is 9.39. The molecular formula is C10H13NO4S. The quantitative estimate of drug-likeness (QED) is 0.775. The third-order valence-electron chi connectivity index (χ3n) is 2.61. The fourth-order valence-electron chi connectivity index (χ4n) is 1.74. The van der Waals surface area contributed by atoms with Gasteiger partial charge in [0, 0.05) is 13.1 Å². The van der Waals surface area contributed by atoms with E-state index in [9.17, 15) is 18.6 Å². The Labute approximate surface area is 94.0 Å². The lowest BCUT2D eigenvalue weighted by Gasteiger charge is -2.16. The van der Waals surface area contributed by atoms with E-state index in [1.807, 2.05) is 0 Å². The smallest absolute Gasteiger partial charge is 0.246 e. The lowest BCUT2D eigenvalue weighted by Crippen LogP contribution is -2.29. The molecule has 0 spiro atoms. The molecule has 16 heavy (non-hydrogen) atoms. The van der Waals surface area contributed by atoms with Gasteiger partial charge in [-0.3, -0.25) is 0 Å². The number of β-amino-alcohol motifs (C(OH)–C–C–N with tert-alkyl or cyclic N) is 1. The maximum Gasteiger partial charge on any atom is 0.246 e. The van der Waals surface area contributed by atoms with E-state index >= 15 is 0 Å². The molecular weight excluding hydrogens is 230 g/mol. The first kappa shape index (κ1) is 11.4. The van der Waals surface area contributed by atoms with Crippen molar-refractivity contribution in [2.24, 2.45) is 0 Å². The van der Waals surface area contributed by atoms with Crippen LogP contribution in [0, 0.1) is 0 Å². The van der Waals surface area contributed by atoms with Gasteiger partial charge < -0.3 is 10.2 Å². The molecule has 1 aliphatic rings. The van der Waals surface area contributed by atoms with Crippen LogP contribution in [-0.4, -0.2) is 42.1 Å². The summed E-state index contributed by atoms with van der Waals surface area (Å²) in [5.41, 5.74) is 0. The summed E-state index contributed by atoms with van der Waals surface area (Å²) in [6.45, 7) is 0.383. The van der Waals surface area contributed by atoms with Crippen molar-refractivity contribution in [2.75, 3.05) is 13.1 Å². The molecule has 5 nitrogen and oxygen atoms in total. The van der Waals surface area contributed by atoms with Crippen molar-refractivity contribution < 1.29 is 18.6 Å². The number of aromatic hydroxyl groups is 1. The largest absolute Gasteiger partial charge is 0.507 e. The highest BCUT2D eigenvalue weighted by Crippen LogP contribution is 2.27. The number of hydrogen-bond acceptors (Lipinski definition) is 4. The average Bonchev–Trinajstić information content (AvgIpc) is 2.66. The Bertz CT molecular complexity index is 485. The monoisotopic (exact) mass is 243 g/mol. The fraction of sp³-hybridized carbons (Fsp3) is 0.400. The number of phenolic OH excluding ortho intramolecular Hbond substituents is 1. The summed E-state index contributed by atoms with van der Waals surface area (Å²) in [6, 6.07) is 5.81. The van der Waals surface area contributed by atoms with Crippen molar-refractivity contribution in [3.8, 4) is 5.75 Å². The van der Waals surface area contributed by atoms with Crippen LogP contribution in [0.1, 0.15) is 6.42 Å². The van der Waals surface area contributed by atoms with Crippen LogP contribution in [0.15, 0.2) is 29.2 Å². The minimum Gasteiger partial charge on any atom is -0.507 e. The maximum absolute atomic E-state index is 12.1. The highest BCUT2D eigenvalue weighted by molar-refractivity contribution is 7.89. The minimum absolute atomic E-state index is 0.0939. The predicted octanol–water partition coefficient (Wildman–Crippen LogP) is 0.148. The van der Waals surface area contributed by atoms with Gasteiger partial charge in [-0.15, -0.1) is 0 Å². The highest BCUT2D eigenvalue weighted by atomic mass is 32.2. The van der Waals surface area contributed by atoms with Gasteiger partial charge >= 0.3 is 0 Å². The molecule has 2 rings (SSSR count). The van der Waals surface area contributed by atoms with Gasteiger partial charge in [-0.1, -0.05) is 12.1 Å². The number of aliphatic hydroxyl groups is 1. The van der Waals surface area contributed by atoms with Crippen molar-refractivity contribution in [3.05, 3.63) is 24.3 Å². The number of sulfonamides is 1. The van der Waals surface area contributed by atoms with Crippen LogP contribution in [-0.2, 0) is 10.0 Å². The van der Waals surface area contributed by atoms with Crippen LogP contribution in [0.2, 0.25) is 0 Å². The molecule has 1 heterocycles. The predicted molar refractivity (Wildman–Crippen MR) is 57.5 cm³/mol. The maximum atomic E-state index is 12.1. The number of benzene rings is 1. The molecule has 1 aliphatic heterocycles. The molecule has 0 aromatic heterocycles. The van der Waals surface area contributed by atoms with Gasteiger partial charge in [-0.2, -0.15) is 4.31 Å². The van der Waals surface area contributed by atoms with Crippen LogP contribution < -0.4 is 0 Å². The molecule has 1 saturated heterocycles. The van der Waals surface area contributed by atoms with Gasteiger partial charge in [0.1, 0.15) is 10.6 Å². The first-order valence-electron chi connectivity index (χ1n) is 4.98. The molecule has 0 amide bonds. The lowest BCUT2D eigenvalue weighted by molar-refractivity contribution is 0.189. The van der Waals surface area contributed by atoms with Gasteiger partial charge in [0.25, 0.3) is 0 Å². The minimum atomic E-state index is -3.68. The fourth-order valence-corrected chi connectivity index (χ4v) is 3.32. The van der Waals surface area contributed by atoms with E-state index in [0.29, 0.717) is 6.42 Å². The summed E-state index contributed by atoms with van der Waals surface area (Å²) in [4.78, 5) is -0.107. The molecule has 0 aliphatic carbocycles. The first-order valence-corrected chi connectivity index (χ1v) is 6.42. The standard InChI is InChI=1S/C10H13NO4S/c12-8-5-6-11(7-8)16(14,15)10-4-2-1-3-9(10)13/h1-4,8,12-13H,5-7H2. The van der Waals surface area contributed by atoms with Gasteiger partial charge in [0.05, 0.1) is 6.10 Å². The number of hydrogen-bond donors (Lipinski definition) is 2. The summed E-state index contributed by atoms with van der Waals surface area (Å²) in [5, 5.41) is 18.8. The van der Waals surface area contributed by atoms with E-state index in [2.05, 4.69) is 0 Å². The van der Waals surface area contributed by atoms with E-state index in [1.54, 1.807) is 12.1 Å². The Kier molecular flexibility index (Phi) is 2.88. The summed E-state index contributed by atoms with van der Waals surface area (Å²) in [5.74, 6) is -0.260. The molecule has 0 radical (unpaired) electrons. The van der Waals surface area contributed by atoms with Gasteiger partial charge in [0.15, 0.2) is 0 Å². The second-order valence-electron chi connectivity index (χ2n) is 3.77. The Morgan fingerprint density at radius 1 is 1.31 bits per heavy atom. The summed E-state index contributed by atoms with van der Waals surface area (Å²) in [6.07, 6.45) is -0.173. The zero-order chi connectivity index (χ0) is 11.8. The summed E-state index contributed by atoms with van der Waals surface area (Å²) < 4.78 is 25.3. The molecule has 1 aromatic carbocycles. The Morgan fingerprint density at radius 3 is 2.56 bits per heavy atom. The topological polar surface area (TPSA) is 77.8 Å². The third-order valence-corrected chi connectivity index (χ3v) is 4.52. The Balaban J connectivity index is 2.36. The second-order valence-corrected chi connectivity index (χ2v) is 5.68. The molecule has 0 saturated carbocycles. The van der Waals surface area contributed by atoms with E-state index in [1.165, 1.54) is 16.4 Å². The molecule has 2 N–H and O–H groups in total. The van der Waals surface area contributed by atoms with E-state index < -0.39 is 16.1 Å². The van der Waals surface area contributed by atoms with Crippen LogP contribution in [0.3, 0.4) is 0 Å². The van der Waals surface area contributed by atoms with Crippen LogP contribution >= 0.6 is 0 Å². The van der Waals surface area contributed by atoms with E-state index in [0.717, 1.165) is 0 Å². The molecule has 1 aromatic rings. The first-order chi connectivity index (χ1) is 7.51. The number of aliphatic hydroxyl groups excluding tert-OH is 1. The van der Waals surface area contributed by atoms with E-state index in [4.69, 9.17) is 0 Å². The van der Waals surface area contributed by atoms with Gasteiger partial charge in [-0.05, 0) is 18.6 Å². The van der Waals surface area contributed by atoms with Crippen LogP contribution in [0.5, 0.6) is 5.75 Å². The molecule has 1 fully saturated rings. The Morgan fingerprint density at radius 2 is 2.00 bits per heavy atom. The van der Waals surface area contributed by atoms with Crippen molar-refractivity contribution in [1.82, 2.24) is 4.31 Å². The molecule has 1 unspecified atom stereocenters. The van der Waals surface area contributed by atoms with Crippen molar-refractivity contribution in [2.45, 2.75) is 17.4 Å². The number of para-hydroxylation sites is 1. The van der Waals surface area contributed by atoms with Crippen molar-refractivity contribution >= 4 is 10.0 Å². The normalized spacial score (nSPS) is 22.4. The molecule has 1 atom stereocenters. The van der Waals surface area contributed by atoms with Crippen molar-refractivity contribution in [1.29, 1.82) is 0 Å². The summed E-state index contributed by atoms with van der Waals surface area (Å²) in [7, 11) is -3.68. The van der Waals surface area contributed by atoms with Crippen LogP contribution in [0.4, 0.5) is 0 Å². The zero-order valence-electron chi connectivity index (χ0n) is 8.57. The number of phenols is 1. The highest BCUT2D eigenvalue weighted by Gasteiger charge is 2.32. The second kappa shape index (κ2) is 4.04.